The van der Waals surface area contributed by atoms with E-state index in [1.165, 1.54) is 12.1 Å². The Bertz CT molecular complexity index is 556. The zero-order chi connectivity index (χ0) is 14.0. The van der Waals surface area contributed by atoms with Gasteiger partial charge >= 0.3 is 6.18 Å². The first-order chi connectivity index (χ1) is 8.86. The lowest BCUT2D eigenvalue weighted by Gasteiger charge is -2.09. The van der Waals surface area contributed by atoms with Crippen LogP contribution in [-0.4, -0.2) is 9.78 Å². The maximum Gasteiger partial charge on any atom is 0.416 e. The van der Waals surface area contributed by atoms with Crippen LogP contribution in [0.5, 0.6) is 0 Å². The highest BCUT2D eigenvalue weighted by Gasteiger charge is 2.29. The Hall–Kier alpha value is -1.98. The molecule has 102 valence electrons. The van der Waals surface area contributed by atoms with Crippen LogP contribution in [0.2, 0.25) is 0 Å². The molecule has 19 heavy (non-hydrogen) atoms. The number of aromatic nitrogens is 2. The summed E-state index contributed by atoms with van der Waals surface area (Å²) in [5.74, 6) is 0. The molecule has 0 bridgehead atoms. The van der Waals surface area contributed by atoms with Crippen molar-refractivity contribution in [3.05, 3.63) is 47.3 Å². The Morgan fingerprint density at radius 1 is 1.21 bits per heavy atom. The molecule has 3 nitrogen and oxygen atoms in total. The summed E-state index contributed by atoms with van der Waals surface area (Å²) < 4.78 is 38.9. The van der Waals surface area contributed by atoms with Gasteiger partial charge in [-0.15, -0.1) is 0 Å². The minimum Gasteiger partial charge on any atom is -0.381 e. The van der Waals surface area contributed by atoms with Crippen molar-refractivity contribution in [2.24, 2.45) is 7.05 Å². The minimum absolute atomic E-state index is 0.533. The number of rotatable bonds is 3. The van der Waals surface area contributed by atoms with Crippen molar-refractivity contribution in [1.29, 1.82) is 0 Å². The number of anilines is 1. The van der Waals surface area contributed by atoms with Gasteiger partial charge in [-0.1, -0.05) is 0 Å². The lowest BCUT2D eigenvalue weighted by atomic mass is 10.2. The summed E-state index contributed by atoms with van der Waals surface area (Å²) in [6, 6.07) is 4.99. The zero-order valence-corrected chi connectivity index (χ0v) is 10.6. The van der Waals surface area contributed by atoms with Crippen LogP contribution in [0.3, 0.4) is 0 Å². The molecule has 0 saturated heterocycles. The summed E-state index contributed by atoms with van der Waals surface area (Å²) in [5.41, 5.74) is 1.93. The van der Waals surface area contributed by atoms with Crippen molar-refractivity contribution in [1.82, 2.24) is 9.78 Å². The fourth-order valence-electron chi connectivity index (χ4n) is 1.80. The van der Waals surface area contributed by atoms with Gasteiger partial charge < -0.3 is 5.32 Å². The third-order valence-electron chi connectivity index (χ3n) is 2.81. The molecule has 0 aliphatic heterocycles. The van der Waals surface area contributed by atoms with Gasteiger partial charge in [0, 0.05) is 31.0 Å². The van der Waals surface area contributed by atoms with Crippen molar-refractivity contribution < 1.29 is 13.2 Å². The lowest BCUT2D eigenvalue weighted by molar-refractivity contribution is -0.137. The second kappa shape index (κ2) is 4.95. The van der Waals surface area contributed by atoms with E-state index in [9.17, 15) is 13.2 Å². The summed E-state index contributed by atoms with van der Waals surface area (Å²) >= 11 is 0. The average Bonchev–Trinajstić information content (AvgIpc) is 2.65. The molecule has 0 amide bonds. The van der Waals surface area contributed by atoms with Crippen molar-refractivity contribution in [2.75, 3.05) is 5.32 Å². The molecular weight excluding hydrogens is 255 g/mol. The van der Waals surface area contributed by atoms with Gasteiger partial charge in [0.15, 0.2) is 0 Å². The van der Waals surface area contributed by atoms with Crippen LogP contribution in [0, 0.1) is 6.92 Å². The van der Waals surface area contributed by atoms with Crippen molar-refractivity contribution >= 4 is 5.69 Å². The zero-order valence-electron chi connectivity index (χ0n) is 10.6. The quantitative estimate of drug-likeness (QED) is 0.926. The number of benzene rings is 1. The normalized spacial score (nSPS) is 11.6. The molecule has 1 heterocycles. The first-order valence-electron chi connectivity index (χ1n) is 5.76. The number of hydrogen-bond donors (Lipinski definition) is 1. The van der Waals surface area contributed by atoms with Gasteiger partial charge in [0.2, 0.25) is 0 Å². The molecule has 2 aromatic rings. The number of hydrogen-bond acceptors (Lipinski definition) is 2. The van der Waals surface area contributed by atoms with Crippen LogP contribution < -0.4 is 5.32 Å². The smallest absolute Gasteiger partial charge is 0.381 e. The highest BCUT2D eigenvalue weighted by Crippen LogP contribution is 2.29. The van der Waals surface area contributed by atoms with Crippen LogP contribution in [0.15, 0.2) is 30.5 Å². The van der Waals surface area contributed by atoms with Crippen LogP contribution in [-0.2, 0) is 19.8 Å². The predicted octanol–water partition coefficient (Wildman–Crippen LogP) is 3.36. The lowest BCUT2D eigenvalue weighted by Crippen LogP contribution is -2.05. The van der Waals surface area contributed by atoms with E-state index >= 15 is 0 Å². The molecule has 2 rings (SSSR count). The Morgan fingerprint density at radius 2 is 1.84 bits per heavy atom. The molecule has 0 unspecified atom stereocenters. The van der Waals surface area contributed by atoms with E-state index < -0.39 is 11.7 Å². The first-order valence-corrected chi connectivity index (χ1v) is 5.76. The largest absolute Gasteiger partial charge is 0.416 e. The fraction of sp³-hybridized carbons (Fsp3) is 0.308. The van der Waals surface area contributed by atoms with Crippen LogP contribution in [0.4, 0.5) is 18.9 Å². The van der Waals surface area contributed by atoms with Gasteiger partial charge in [-0.25, -0.2) is 0 Å². The monoisotopic (exact) mass is 269 g/mol. The molecule has 0 atom stereocenters. The maximum atomic E-state index is 12.4. The molecule has 0 spiro atoms. The molecule has 1 aromatic heterocycles. The van der Waals surface area contributed by atoms with Crippen molar-refractivity contribution in [3.8, 4) is 0 Å². The number of nitrogens with one attached hydrogen (secondary N) is 1. The summed E-state index contributed by atoms with van der Waals surface area (Å²) in [5, 5.41) is 7.27. The third kappa shape index (κ3) is 3.27. The predicted molar refractivity (Wildman–Crippen MR) is 66.7 cm³/mol. The van der Waals surface area contributed by atoms with Crippen molar-refractivity contribution in [2.45, 2.75) is 19.6 Å². The van der Waals surface area contributed by atoms with Crippen molar-refractivity contribution in [3.63, 3.8) is 0 Å². The highest BCUT2D eigenvalue weighted by atomic mass is 19.4. The van der Waals surface area contributed by atoms with E-state index in [0.717, 1.165) is 23.4 Å². The van der Waals surface area contributed by atoms with E-state index in [-0.39, 0.29) is 0 Å². The van der Waals surface area contributed by atoms with E-state index in [0.29, 0.717) is 12.2 Å². The van der Waals surface area contributed by atoms with Gasteiger partial charge in [0.05, 0.1) is 11.3 Å². The van der Waals surface area contributed by atoms with Crippen LogP contribution in [0.1, 0.15) is 16.8 Å². The summed E-state index contributed by atoms with van der Waals surface area (Å²) in [7, 11) is 1.83. The molecule has 0 radical (unpaired) electrons. The molecule has 0 fully saturated rings. The summed E-state index contributed by atoms with van der Waals surface area (Å²) in [6.45, 7) is 2.43. The number of nitrogens with zero attached hydrogens (tertiary/aromatic N) is 2. The van der Waals surface area contributed by atoms with E-state index in [1.54, 1.807) is 4.68 Å². The second-order valence-corrected chi connectivity index (χ2v) is 4.34. The van der Waals surface area contributed by atoms with Crippen LogP contribution >= 0.6 is 0 Å². The molecule has 1 aromatic carbocycles. The number of halogens is 3. The fourth-order valence-corrected chi connectivity index (χ4v) is 1.80. The average molecular weight is 269 g/mol. The summed E-state index contributed by atoms with van der Waals surface area (Å²) in [4.78, 5) is 0. The van der Waals surface area contributed by atoms with Gasteiger partial charge in [0.25, 0.3) is 0 Å². The first kappa shape index (κ1) is 13.5. The molecule has 6 heteroatoms. The Balaban J connectivity index is 2.02. The van der Waals surface area contributed by atoms with Gasteiger partial charge in [0.1, 0.15) is 0 Å². The molecule has 0 aliphatic carbocycles. The topological polar surface area (TPSA) is 29.9 Å². The maximum absolute atomic E-state index is 12.4. The van der Waals surface area contributed by atoms with Gasteiger partial charge in [-0.05, 0) is 31.2 Å². The molecule has 0 aliphatic rings. The van der Waals surface area contributed by atoms with E-state index in [4.69, 9.17) is 0 Å². The van der Waals surface area contributed by atoms with Gasteiger partial charge in [-0.3, -0.25) is 4.68 Å². The minimum atomic E-state index is -4.29. The number of aryl methyl sites for hydroxylation is 2. The second-order valence-electron chi connectivity index (χ2n) is 4.34. The SMILES string of the molecule is Cc1nn(C)cc1CNc1ccc(C(F)(F)F)cc1. The van der Waals surface area contributed by atoms with Crippen LogP contribution in [0.25, 0.3) is 0 Å². The molecule has 0 saturated carbocycles. The Kier molecular flexibility index (Phi) is 3.50. The van der Waals surface area contributed by atoms with E-state index in [1.807, 2.05) is 20.2 Å². The van der Waals surface area contributed by atoms with Gasteiger partial charge in [-0.2, -0.15) is 18.3 Å². The molecule has 1 N–H and O–H groups in total. The van der Waals surface area contributed by atoms with E-state index in [2.05, 4.69) is 10.4 Å². The number of alkyl halides is 3. The summed E-state index contributed by atoms with van der Waals surface area (Å²) in [6.07, 6.45) is -2.41. The third-order valence-corrected chi connectivity index (χ3v) is 2.81. The Labute approximate surface area is 109 Å². The standard InChI is InChI=1S/C13H14F3N3/c1-9-10(8-19(2)18-9)7-17-12-5-3-11(4-6-12)13(14,15)16/h3-6,8,17H,7H2,1-2H3. The molecular formula is C13H14F3N3. The Morgan fingerprint density at radius 3 is 2.32 bits per heavy atom. The highest BCUT2D eigenvalue weighted by molar-refractivity contribution is 5.45.